The van der Waals surface area contributed by atoms with Gasteiger partial charge in [-0.25, -0.2) is 12.8 Å². The van der Waals surface area contributed by atoms with Gasteiger partial charge in [0.15, 0.2) is 0 Å². The molecule has 3 rings (SSSR count). The molecule has 1 N–H and O–H groups in total. The molecule has 208 valence electrons. The van der Waals surface area contributed by atoms with Crippen LogP contribution in [-0.4, -0.2) is 50.5 Å². The minimum absolute atomic E-state index is 0.0315. The van der Waals surface area contributed by atoms with Crippen molar-refractivity contribution in [2.75, 3.05) is 23.7 Å². The van der Waals surface area contributed by atoms with Crippen LogP contribution >= 0.6 is 0 Å². The van der Waals surface area contributed by atoms with Crippen molar-refractivity contribution in [2.45, 2.75) is 45.7 Å². The van der Waals surface area contributed by atoms with Crippen LogP contribution in [-0.2, 0) is 32.6 Å². The van der Waals surface area contributed by atoms with Crippen molar-refractivity contribution in [3.8, 4) is 0 Å². The molecule has 7 nitrogen and oxygen atoms in total. The lowest BCUT2D eigenvalue weighted by molar-refractivity contribution is -0.141. The fraction of sp³-hybridized carbons (Fsp3) is 0.333. The Morgan fingerprint density at radius 2 is 1.56 bits per heavy atom. The first-order chi connectivity index (χ1) is 18.6. The predicted octanol–water partition coefficient (Wildman–Crippen LogP) is 4.46. The van der Waals surface area contributed by atoms with Gasteiger partial charge in [-0.05, 0) is 55.7 Å². The molecule has 3 aromatic rings. The summed E-state index contributed by atoms with van der Waals surface area (Å²) in [5.41, 5.74) is 3.23. The summed E-state index contributed by atoms with van der Waals surface area (Å²) in [6.45, 7) is 4.52. The molecule has 0 bridgehead atoms. The lowest BCUT2D eigenvalue weighted by Crippen LogP contribution is -2.50. The summed E-state index contributed by atoms with van der Waals surface area (Å²) in [5, 5.41) is 2.87. The number of rotatable bonds is 13. The van der Waals surface area contributed by atoms with E-state index in [4.69, 9.17) is 0 Å². The normalized spacial score (nSPS) is 12.0. The number of likely N-dealkylation sites (N-methyl/N-ethyl adjacent to an activating group) is 1. The van der Waals surface area contributed by atoms with Gasteiger partial charge in [0.25, 0.3) is 0 Å². The molecule has 1 unspecified atom stereocenters. The van der Waals surface area contributed by atoms with Crippen LogP contribution in [0.4, 0.5) is 10.1 Å². The quantitative estimate of drug-likeness (QED) is 0.339. The number of hydrogen-bond donors (Lipinski definition) is 1. The van der Waals surface area contributed by atoms with Crippen LogP contribution in [0.1, 0.15) is 36.5 Å². The van der Waals surface area contributed by atoms with E-state index in [0.29, 0.717) is 18.7 Å². The minimum Gasteiger partial charge on any atom is -0.355 e. The van der Waals surface area contributed by atoms with Crippen molar-refractivity contribution in [1.82, 2.24) is 10.2 Å². The van der Waals surface area contributed by atoms with Crippen molar-refractivity contribution in [1.29, 1.82) is 0 Å². The van der Waals surface area contributed by atoms with E-state index < -0.39 is 21.9 Å². The van der Waals surface area contributed by atoms with Crippen LogP contribution in [0.2, 0.25) is 0 Å². The number of sulfonamides is 1. The van der Waals surface area contributed by atoms with Gasteiger partial charge < -0.3 is 10.2 Å². The van der Waals surface area contributed by atoms with E-state index in [1.807, 2.05) is 68.4 Å². The van der Waals surface area contributed by atoms with E-state index in [9.17, 15) is 22.4 Å². The van der Waals surface area contributed by atoms with Crippen molar-refractivity contribution in [2.24, 2.45) is 0 Å². The number of halogens is 1. The third-order valence-corrected chi connectivity index (χ3v) is 7.56. The SMILES string of the molecule is CCNC(=O)C(Cc1ccccc1)N(Cc1ccc(C)cc1)C(=O)CCCN(c1ccc(F)cc1)S(C)(=O)=O. The summed E-state index contributed by atoms with van der Waals surface area (Å²) in [5.74, 6) is -0.967. The molecule has 0 aliphatic rings. The van der Waals surface area contributed by atoms with E-state index in [1.54, 1.807) is 4.90 Å². The number of carbonyl (C=O) groups excluding carboxylic acids is 2. The number of amides is 2. The van der Waals surface area contributed by atoms with Gasteiger partial charge in [-0.15, -0.1) is 0 Å². The van der Waals surface area contributed by atoms with Crippen LogP contribution in [0.5, 0.6) is 0 Å². The summed E-state index contributed by atoms with van der Waals surface area (Å²) in [6, 6.07) is 21.8. The topological polar surface area (TPSA) is 86.8 Å². The fourth-order valence-electron chi connectivity index (χ4n) is 4.35. The Labute approximate surface area is 230 Å². The Morgan fingerprint density at radius 3 is 2.15 bits per heavy atom. The van der Waals surface area contributed by atoms with Gasteiger partial charge in [0.2, 0.25) is 21.8 Å². The van der Waals surface area contributed by atoms with Crippen molar-refractivity contribution < 1.29 is 22.4 Å². The minimum atomic E-state index is -3.66. The molecule has 0 aliphatic carbocycles. The first kappa shape index (κ1) is 29.8. The first-order valence-corrected chi connectivity index (χ1v) is 14.8. The molecule has 3 aromatic carbocycles. The predicted molar refractivity (Wildman–Crippen MR) is 152 cm³/mol. The van der Waals surface area contributed by atoms with Crippen LogP contribution in [0.25, 0.3) is 0 Å². The molecule has 0 spiro atoms. The van der Waals surface area contributed by atoms with Crippen LogP contribution in [0.15, 0.2) is 78.9 Å². The van der Waals surface area contributed by atoms with Crippen LogP contribution in [0.3, 0.4) is 0 Å². The van der Waals surface area contributed by atoms with E-state index in [-0.39, 0.29) is 37.7 Å². The molecular formula is C30H36FN3O4S. The molecule has 0 heterocycles. The molecule has 0 saturated heterocycles. The summed E-state index contributed by atoms with van der Waals surface area (Å²) < 4.78 is 39.5. The van der Waals surface area contributed by atoms with E-state index >= 15 is 0 Å². The average molecular weight is 554 g/mol. The second-order valence-corrected chi connectivity index (χ2v) is 11.4. The lowest BCUT2D eigenvalue weighted by Gasteiger charge is -2.32. The first-order valence-electron chi connectivity index (χ1n) is 13.0. The van der Waals surface area contributed by atoms with Gasteiger partial charge in [0.05, 0.1) is 11.9 Å². The maximum absolute atomic E-state index is 13.7. The molecule has 2 amide bonds. The second kappa shape index (κ2) is 13.9. The van der Waals surface area contributed by atoms with Crippen molar-refractivity contribution in [3.63, 3.8) is 0 Å². The van der Waals surface area contributed by atoms with E-state index in [2.05, 4.69) is 5.32 Å². The second-order valence-electron chi connectivity index (χ2n) is 9.52. The number of nitrogens with zero attached hydrogens (tertiary/aromatic N) is 2. The van der Waals surface area contributed by atoms with Gasteiger partial charge in [-0.3, -0.25) is 13.9 Å². The molecule has 0 aliphatic heterocycles. The molecule has 0 aromatic heterocycles. The Morgan fingerprint density at radius 1 is 0.923 bits per heavy atom. The summed E-state index contributed by atoms with van der Waals surface area (Å²) in [4.78, 5) is 28.5. The summed E-state index contributed by atoms with van der Waals surface area (Å²) >= 11 is 0. The zero-order valence-corrected chi connectivity index (χ0v) is 23.5. The standard InChI is InChI=1S/C30H36FN3O4S/c1-4-32-30(36)28(21-24-9-6-5-7-10-24)33(22-25-14-12-23(2)13-15-25)29(35)11-8-20-34(39(3,37)38)27-18-16-26(31)17-19-27/h5-7,9-10,12-19,28H,4,8,11,20-22H2,1-3H3,(H,32,36). The van der Waals surface area contributed by atoms with Gasteiger partial charge >= 0.3 is 0 Å². The van der Waals surface area contributed by atoms with Crippen LogP contribution in [0, 0.1) is 12.7 Å². The highest BCUT2D eigenvalue weighted by Gasteiger charge is 2.30. The van der Waals surface area contributed by atoms with E-state index in [0.717, 1.165) is 27.3 Å². The van der Waals surface area contributed by atoms with Gasteiger partial charge in [-0.1, -0.05) is 60.2 Å². The van der Waals surface area contributed by atoms with Crippen LogP contribution < -0.4 is 9.62 Å². The third kappa shape index (κ3) is 8.92. The Kier molecular flexibility index (Phi) is 10.6. The highest BCUT2D eigenvalue weighted by Crippen LogP contribution is 2.20. The smallest absolute Gasteiger partial charge is 0.243 e. The van der Waals surface area contributed by atoms with Crippen molar-refractivity contribution in [3.05, 3.63) is 101 Å². The molecule has 0 radical (unpaired) electrons. The highest BCUT2D eigenvalue weighted by atomic mass is 32.2. The summed E-state index contributed by atoms with van der Waals surface area (Å²) in [7, 11) is -3.66. The Hall–Kier alpha value is -3.72. The third-order valence-electron chi connectivity index (χ3n) is 6.36. The number of benzene rings is 3. The zero-order valence-electron chi connectivity index (χ0n) is 22.6. The average Bonchev–Trinajstić information content (AvgIpc) is 2.90. The molecule has 39 heavy (non-hydrogen) atoms. The Balaban J connectivity index is 1.85. The monoisotopic (exact) mass is 553 g/mol. The molecule has 0 fully saturated rings. The number of anilines is 1. The number of aryl methyl sites for hydroxylation is 1. The lowest BCUT2D eigenvalue weighted by atomic mass is 10.0. The zero-order chi connectivity index (χ0) is 28.4. The van der Waals surface area contributed by atoms with Crippen molar-refractivity contribution >= 4 is 27.5 Å². The molecular weight excluding hydrogens is 517 g/mol. The molecule has 9 heteroatoms. The molecule has 0 saturated carbocycles. The number of nitrogens with one attached hydrogen (secondary N) is 1. The van der Waals surface area contributed by atoms with Gasteiger partial charge in [0.1, 0.15) is 11.9 Å². The maximum Gasteiger partial charge on any atom is 0.243 e. The Bertz CT molecular complexity index is 1330. The number of carbonyl (C=O) groups is 2. The largest absolute Gasteiger partial charge is 0.355 e. The number of hydrogen-bond acceptors (Lipinski definition) is 4. The van der Waals surface area contributed by atoms with Gasteiger partial charge in [-0.2, -0.15) is 0 Å². The van der Waals surface area contributed by atoms with Gasteiger partial charge in [0, 0.05) is 32.5 Å². The summed E-state index contributed by atoms with van der Waals surface area (Å²) in [6.07, 6.45) is 1.67. The highest BCUT2D eigenvalue weighted by molar-refractivity contribution is 7.92. The maximum atomic E-state index is 13.7. The molecule has 1 atom stereocenters. The fourth-order valence-corrected chi connectivity index (χ4v) is 5.31. The van der Waals surface area contributed by atoms with E-state index in [1.165, 1.54) is 24.3 Å².